The Balaban J connectivity index is 2.63. The Morgan fingerprint density at radius 1 is 1.40 bits per heavy atom. The van der Waals surface area contributed by atoms with E-state index in [1.807, 2.05) is 31.3 Å². The topological polar surface area (TPSA) is 34.9 Å². The third-order valence-corrected chi connectivity index (χ3v) is 2.55. The third-order valence-electron chi connectivity index (χ3n) is 2.06. The van der Waals surface area contributed by atoms with Crippen LogP contribution in [0.1, 0.15) is 0 Å². The highest BCUT2D eigenvalue weighted by Gasteiger charge is 2.03. The van der Waals surface area contributed by atoms with Gasteiger partial charge in [-0.05, 0) is 17.7 Å². The van der Waals surface area contributed by atoms with E-state index < -0.39 is 0 Å². The van der Waals surface area contributed by atoms with Crippen LogP contribution in [0.25, 0.3) is 11.1 Å². The first kappa shape index (κ1) is 10.1. The van der Waals surface area contributed by atoms with Crippen LogP contribution >= 0.6 is 15.9 Å². The molecule has 0 aliphatic carbocycles. The van der Waals surface area contributed by atoms with Crippen LogP contribution in [0.15, 0.2) is 46.1 Å². The van der Waals surface area contributed by atoms with Crippen LogP contribution in [0.2, 0.25) is 0 Å². The minimum absolute atomic E-state index is 0.203. The molecule has 15 heavy (non-hydrogen) atoms. The number of aromatic nitrogens is 2. The second kappa shape index (κ2) is 3.98. The van der Waals surface area contributed by atoms with Crippen LogP contribution in [-0.4, -0.2) is 9.55 Å². The molecule has 0 unspecified atom stereocenters. The number of hydrogen-bond acceptors (Lipinski definition) is 2. The molecule has 3 nitrogen and oxygen atoms in total. The zero-order chi connectivity index (χ0) is 10.8. The summed E-state index contributed by atoms with van der Waals surface area (Å²) in [6, 6.07) is 7.61. The first-order chi connectivity index (χ1) is 7.16. The molecule has 2 aromatic rings. The molecule has 0 radical (unpaired) electrons. The lowest BCUT2D eigenvalue weighted by Gasteiger charge is -2.02. The zero-order valence-electron chi connectivity index (χ0n) is 8.14. The third kappa shape index (κ3) is 2.15. The van der Waals surface area contributed by atoms with Crippen LogP contribution in [0.4, 0.5) is 0 Å². The molecular weight excluding hydrogens is 256 g/mol. The molecule has 0 atom stereocenters. The predicted molar refractivity (Wildman–Crippen MR) is 62.6 cm³/mol. The molecule has 0 aliphatic rings. The van der Waals surface area contributed by atoms with E-state index in [4.69, 9.17) is 0 Å². The van der Waals surface area contributed by atoms with Crippen molar-refractivity contribution < 1.29 is 0 Å². The molecule has 4 heteroatoms. The highest BCUT2D eigenvalue weighted by Crippen LogP contribution is 2.19. The molecule has 0 saturated carbocycles. The molecule has 0 saturated heterocycles. The van der Waals surface area contributed by atoms with Gasteiger partial charge in [-0.15, -0.1) is 0 Å². The van der Waals surface area contributed by atoms with Crippen molar-refractivity contribution in [1.29, 1.82) is 0 Å². The molecule has 0 amide bonds. The lowest BCUT2D eigenvalue weighted by molar-refractivity contribution is 0.856. The van der Waals surface area contributed by atoms with Gasteiger partial charge < -0.3 is 4.57 Å². The van der Waals surface area contributed by atoms with E-state index in [9.17, 15) is 4.79 Å². The highest BCUT2D eigenvalue weighted by atomic mass is 79.9. The normalized spacial score (nSPS) is 10.3. The van der Waals surface area contributed by atoms with Crippen molar-refractivity contribution in [3.05, 3.63) is 51.6 Å². The van der Waals surface area contributed by atoms with Crippen LogP contribution in [0.5, 0.6) is 0 Å². The Kier molecular flexibility index (Phi) is 2.68. The molecule has 0 N–H and O–H groups in total. The summed E-state index contributed by atoms with van der Waals surface area (Å²) in [7, 11) is 1.84. The summed E-state index contributed by atoms with van der Waals surface area (Å²) in [4.78, 5) is 15.3. The maximum absolute atomic E-state index is 11.5. The Labute approximate surface area is 95.5 Å². The summed E-state index contributed by atoms with van der Waals surface area (Å²) in [5.74, 6) is 0. The average Bonchev–Trinajstić information content (AvgIpc) is 2.22. The van der Waals surface area contributed by atoms with E-state index in [0.29, 0.717) is 5.56 Å². The fourth-order valence-corrected chi connectivity index (χ4v) is 1.76. The second-order valence-corrected chi connectivity index (χ2v) is 4.18. The number of halogens is 1. The zero-order valence-corrected chi connectivity index (χ0v) is 9.73. The molecule has 1 aromatic heterocycles. The minimum atomic E-state index is -0.203. The highest BCUT2D eigenvalue weighted by molar-refractivity contribution is 9.10. The van der Waals surface area contributed by atoms with Gasteiger partial charge in [0.25, 0.3) is 5.56 Å². The van der Waals surface area contributed by atoms with E-state index in [0.717, 1.165) is 10.0 Å². The standard InChI is InChI=1S/C11H9BrN2O/c1-14-6-10(11(15)13-7-14)8-3-2-4-9(12)5-8/h2-7H,1H3. The van der Waals surface area contributed by atoms with E-state index in [-0.39, 0.29) is 5.56 Å². The summed E-state index contributed by atoms with van der Waals surface area (Å²) in [5, 5.41) is 0. The van der Waals surface area contributed by atoms with Crippen molar-refractivity contribution in [2.75, 3.05) is 0 Å². The van der Waals surface area contributed by atoms with Gasteiger partial charge in [0.15, 0.2) is 0 Å². The first-order valence-corrected chi connectivity index (χ1v) is 5.24. The fraction of sp³-hybridized carbons (Fsp3) is 0.0909. The molecule has 0 fully saturated rings. The predicted octanol–water partition coefficient (Wildman–Crippen LogP) is 2.21. The van der Waals surface area contributed by atoms with Crippen molar-refractivity contribution in [3.63, 3.8) is 0 Å². The maximum Gasteiger partial charge on any atom is 0.280 e. The van der Waals surface area contributed by atoms with Gasteiger partial charge in [-0.1, -0.05) is 28.1 Å². The van der Waals surface area contributed by atoms with Crippen molar-refractivity contribution >= 4 is 15.9 Å². The Morgan fingerprint density at radius 2 is 2.20 bits per heavy atom. The second-order valence-electron chi connectivity index (χ2n) is 3.27. The summed E-state index contributed by atoms with van der Waals surface area (Å²) in [6.45, 7) is 0. The van der Waals surface area contributed by atoms with Gasteiger partial charge in [0.2, 0.25) is 0 Å². The number of benzene rings is 1. The van der Waals surface area contributed by atoms with Crippen LogP contribution < -0.4 is 5.56 Å². The lowest BCUT2D eigenvalue weighted by atomic mass is 10.1. The van der Waals surface area contributed by atoms with Crippen LogP contribution in [0.3, 0.4) is 0 Å². The smallest absolute Gasteiger partial charge is 0.280 e. The average molecular weight is 265 g/mol. The van der Waals surface area contributed by atoms with Crippen molar-refractivity contribution in [2.24, 2.45) is 7.05 Å². The van der Waals surface area contributed by atoms with Gasteiger partial charge in [0, 0.05) is 17.7 Å². The van der Waals surface area contributed by atoms with Gasteiger partial charge in [-0.25, -0.2) is 0 Å². The maximum atomic E-state index is 11.5. The monoisotopic (exact) mass is 264 g/mol. The van der Waals surface area contributed by atoms with E-state index in [1.54, 1.807) is 10.8 Å². The molecule has 1 heterocycles. The minimum Gasteiger partial charge on any atom is -0.341 e. The van der Waals surface area contributed by atoms with E-state index >= 15 is 0 Å². The van der Waals surface area contributed by atoms with Crippen molar-refractivity contribution in [2.45, 2.75) is 0 Å². The van der Waals surface area contributed by atoms with Gasteiger partial charge in [0.05, 0.1) is 11.9 Å². The first-order valence-electron chi connectivity index (χ1n) is 4.45. The summed E-state index contributed by atoms with van der Waals surface area (Å²) < 4.78 is 2.71. The Morgan fingerprint density at radius 3 is 2.93 bits per heavy atom. The van der Waals surface area contributed by atoms with Gasteiger partial charge in [0.1, 0.15) is 0 Å². The molecule has 0 bridgehead atoms. The SMILES string of the molecule is Cn1cnc(=O)c(-c2cccc(Br)c2)c1. The van der Waals surface area contributed by atoms with Crippen molar-refractivity contribution in [1.82, 2.24) is 9.55 Å². The number of hydrogen-bond donors (Lipinski definition) is 0. The molecule has 76 valence electrons. The number of rotatable bonds is 1. The summed E-state index contributed by atoms with van der Waals surface area (Å²) >= 11 is 3.37. The quantitative estimate of drug-likeness (QED) is 0.792. The van der Waals surface area contributed by atoms with Gasteiger partial charge in [-0.3, -0.25) is 4.79 Å². The van der Waals surface area contributed by atoms with Crippen molar-refractivity contribution in [3.8, 4) is 11.1 Å². The fourth-order valence-electron chi connectivity index (χ4n) is 1.36. The van der Waals surface area contributed by atoms with Gasteiger partial charge >= 0.3 is 0 Å². The number of nitrogens with zero attached hydrogens (tertiary/aromatic N) is 2. The summed E-state index contributed by atoms with van der Waals surface area (Å²) in [5.41, 5.74) is 1.28. The largest absolute Gasteiger partial charge is 0.341 e. The van der Waals surface area contributed by atoms with Gasteiger partial charge in [-0.2, -0.15) is 4.98 Å². The lowest BCUT2D eigenvalue weighted by Crippen LogP contribution is -2.11. The molecule has 0 spiro atoms. The molecule has 0 aliphatic heterocycles. The Bertz CT molecular complexity index is 548. The molecular formula is C11H9BrN2O. The number of aryl methyl sites for hydroxylation is 1. The molecule has 2 rings (SSSR count). The van der Waals surface area contributed by atoms with E-state index in [2.05, 4.69) is 20.9 Å². The summed E-state index contributed by atoms with van der Waals surface area (Å²) in [6.07, 6.45) is 3.28. The van der Waals surface area contributed by atoms with E-state index in [1.165, 1.54) is 6.33 Å². The molecule has 1 aromatic carbocycles. The Hall–Kier alpha value is -1.42. The van der Waals surface area contributed by atoms with Crippen LogP contribution in [-0.2, 0) is 7.05 Å². The van der Waals surface area contributed by atoms with Crippen LogP contribution in [0, 0.1) is 0 Å².